The van der Waals surface area contributed by atoms with E-state index in [4.69, 9.17) is 17.3 Å². The molecule has 1 amide bonds. The first kappa shape index (κ1) is 20.0. The van der Waals surface area contributed by atoms with Crippen molar-refractivity contribution in [3.8, 4) is 5.88 Å². The van der Waals surface area contributed by atoms with E-state index in [1.165, 1.54) is 15.9 Å². The molecule has 0 fully saturated rings. The standard InChI is InChI=1S/C19H19N3O4S2/c23-16(20-8-3-6-17(24)25)7-9-22-18(26)15(28-19(22)27)10-12-11-21-14-5-2-1-4-13(12)14/h1-2,4-5,10-11,26H,3,6-9H2,(H,20,23)(H,24,25)/b12-10-. The lowest BCUT2D eigenvalue weighted by Crippen LogP contribution is -2.25. The summed E-state index contributed by atoms with van der Waals surface area (Å²) in [4.78, 5) is 27.3. The summed E-state index contributed by atoms with van der Waals surface area (Å²) in [6.45, 7) is 0.558. The van der Waals surface area contributed by atoms with Gasteiger partial charge in [0.1, 0.15) is 0 Å². The van der Waals surface area contributed by atoms with Crippen LogP contribution in [0.3, 0.4) is 0 Å². The third-order valence-corrected chi connectivity index (χ3v) is 5.58. The van der Waals surface area contributed by atoms with Gasteiger partial charge in [-0.25, -0.2) is 0 Å². The number of carboxylic acid groups (broad SMARTS) is 1. The van der Waals surface area contributed by atoms with Crippen molar-refractivity contribution >= 4 is 59.0 Å². The fraction of sp³-hybridized carbons (Fsp3) is 0.263. The fourth-order valence-electron chi connectivity index (χ4n) is 2.77. The van der Waals surface area contributed by atoms with Crippen molar-refractivity contribution in [1.29, 1.82) is 0 Å². The Bertz CT molecular complexity index is 1020. The number of nitrogens with one attached hydrogen (secondary N) is 1. The first-order valence-corrected chi connectivity index (χ1v) is 9.94. The van der Waals surface area contributed by atoms with Gasteiger partial charge < -0.3 is 15.5 Å². The van der Waals surface area contributed by atoms with E-state index < -0.39 is 5.97 Å². The highest BCUT2D eigenvalue weighted by atomic mass is 32.1. The summed E-state index contributed by atoms with van der Waals surface area (Å²) in [5.74, 6) is -1.08. The highest BCUT2D eigenvalue weighted by Crippen LogP contribution is 2.35. The molecule has 28 heavy (non-hydrogen) atoms. The molecule has 1 aromatic heterocycles. The van der Waals surface area contributed by atoms with Gasteiger partial charge in [-0.15, -0.1) is 11.3 Å². The SMILES string of the molecule is O=C(O)CCCNC(=O)CCn1c(O)c(/C=C2/C=Nc3ccccc32)sc1=S. The van der Waals surface area contributed by atoms with Crippen LogP contribution in [0.25, 0.3) is 11.6 Å². The number of rotatable bonds is 8. The van der Waals surface area contributed by atoms with Crippen molar-refractivity contribution in [2.45, 2.75) is 25.8 Å². The Morgan fingerprint density at radius 1 is 1.29 bits per heavy atom. The highest BCUT2D eigenvalue weighted by Gasteiger charge is 2.15. The number of carbonyl (C=O) groups is 2. The number of benzene rings is 1. The van der Waals surface area contributed by atoms with Crippen LogP contribution in [0, 0.1) is 3.95 Å². The molecular weight excluding hydrogens is 398 g/mol. The Morgan fingerprint density at radius 2 is 2.07 bits per heavy atom. The van der Waals surface area contributed by atoms with Crippen molar-refractivity contribution in [3.63, 3.8) is 0 Å². The Morgan fingerprint density at radius 3 is 2.86 bits per heavy atom. The first-order chi connectivity index (χ1) is 13.5. The van der Waals surface area contributed by atoms with Gasteiger partial charge in [0.05, 0.1) is 10.6 Å². The van der Waals surface area contributed by atoms with Crippen LogP contribution >= 0.6 is 23.6 Å². The summed E-state index contributed by atoms with van der Waals surface area (Å²) < 4.78 is 2.01. The minimum atomic E-state index is -0.889. The molecule has 2 aromatic rings. The number of carbonyl (C=O) groups excluding carboxylic acids is 1. The molecule has 146 valence electrons. The molecule has 1 aromatic carbocycles. The number of hydrogen-bond acceptors (Lipinski definition) is 6. The van der Waals surface area contributed by atoms with Crippen molar-refractivity contribution in [2.75, 3.05) is 6.54 Å². The van der Waals surface area contributed by atoms with Crippen molar-refractivity contribution in [1.82, 2.24) is 9.88 Å². The predicted octanol–water partition coefficient (Wildman–Crippen LogP) is 3.61. The van der Waals surface area contributed by atoms with E-state index >= 15 is 0 Å². The van der Waals surface area contributed by atoms with Gasteiger partial charge in [0.25, 0.3) is 0 Å². The van der Waals surface area contributed by atoms with Crippen LogP contribution in [0.1, 0.15) is 29.7 Å². The molecule has 9 heteroatoms. The fourth-order valence-corrected chi connectivity index (χ4v) is 4.08. The molecule has 0 spiro atoms. The van der Waals surface area contributed by atoms with Crippen molar-refractivity contribution < 1.29 is 19.8 Å². The van der Waals surface area contributed by atoms with Gasteiger partial charge in [0.2, 0.25) is 11.8 Å². The summed E-state index contributed by atoms with van der Waals surface area (Å²) in [6.07, 6.45) is 4.13. The number of hydrogen-bond donors (Lipinski definition) is 3. The van der Waals surface area contributed by atoms with Gasteiger partial charge in [-0.3, -0.25) is 19.1 Å². The quantitative estimate of drug-likeness (QED) is 0.450. The second-order valence-corrected chi connectivity index (χ2v) is 7.86. The van der Waals surface area contributed by atoms with Gasteiger partial charge in [-0.1, -0.05) is 18.2 Å². The molecule has 0 aliphatic carbocycles. The van der Waals surface area contributed by atoms with Gasteiger partial charge >= 0.3 is 5.97 Å². The smallest absolute Gasteiger partial charge is 0.303 e. The molecule has 2 heterocycles. The summed E-state index contributed by atoms with van der Waals surface area (Å²) >= 11 is 6.60. The zero-order valence-electron chi connectivity index (χ0n) is 14.9. The number of amides is 1. The third-order valence-electron chi connectivity index (χ3n) is 4.19. The maximum atomic E-state index is 11.9. The number of fused-ring (bicyclic) bond motifs is 1. The minimum absolute atomic E-state index is 0.0150. The highest BCUT2D eigenvalue weighted by molar-refractivity contribution is 7.73. The molecule has 0 atom stereocenters. The summed E-state index contributed by atoms with van der Waals surface area (Å²) in [7, 11) is 0. The van der Waals surface area contributed by atoms with E-state index in [-0.39, 0.29) is 31.2 Å². The number of thiazole rings is 1. The zero-order valence-corrected chi connectivity index (χ0v) is 16.6. The average Bonchev–Trinajstić information content (AvgIpc) is 3.19. The predicted molar refractivity (Wildman–Crippen MR) is 112 cm³/mol. The molecule has 3 rings (SSSR count). The largest absolute Gasteiger partial charge is 0.493 e. The van der Waals surface area contributed by atoms with E-state index in [0.29, 0.717) is 21.8 Å². The number of carboxylic acids is 1. The Hall–Kier alpha value is -2.78. The normalized spacial score (nSPS) is 13.6. The molecule has 7 nitrogen and oxygen atoms in total. The average molecular weight is 418 g/mol. The van der Waals surface area contributed by atoms with E-state index in [2.05, 4.69) is 10.3 Å². The van der Waals surface area contributed by atoms with Crippen LogP contribution in [0.2, 0.25) is 0 Å². The van der Waals surface area contributed by atoms with Crippen LogP contribution in [-0.4, -0.2) is 39.4 Å². The van der Waals surface area contributed by atoms with Crippen LogP contribution in [-0.2, 0) is 16.1 Å². The maximum Gasteiger partial charge on any atom is 0.303 e. The van der Waals surface area contributed by atoms with E-state index in [1.54, 1.807) is 6.21 Å². The molecular formula is C19H19N3O4S2. The second kappa shape index (κ2) is 8.94. The molecule has 0 saturated heterocycles. The topological polar surface area (TPSA) is 104 Å². The molecule has 1 aliphatic heterocycles. The van der Waals surface area contributed by atoms with Crippen molar-refractivity contribution in [3.05, 3.63) is 38.7 Å². The third kappa shape index (κ3) is 4.73. The Balaban J connectivity index is 1.64. The lowest BCUT2D eigenvalue weighted by atomic mass is 10.1. The number of allylic oxidation sites excluding steroid dienone is 1. The Kier molecular flexibility index (Phi) is 6.37. The molecule has 0 unspecified atom stereocenters. The number of aliphatic carboxylic acids is 1. The summed E-state index contributed by atoms with van der Waals surface area (Å²) in [5.41, 5.74) is 2.77. The first-order valence-electron chi connectivity index (χ1n) is 8.72. The van der Waals surface area contributed by atoms with Gasteiger partial charge in [-0.05, 0) is 30.8 Å². The zero-order chi connectivity index (χ0) is 20.1. The van der Waals surface area contributed by atoms with Crippen molar-refractivity contribution in [2.24, 2.45) is 4.99 Å². The second-order valence-electron chi connectivity index (χ2n) is 6.18. The molecule has 0 radical (unpaired) electrons. The number of aromatic hydroxyl groups is 1. The van der Waals surface area contributed by atoms with Crippen LogP contribution in [0.4, 0.5) is 5.69 Å². The number of aliphatic imine (C=N–C) groups is 1. The lowest BCUT2D eigenvalue weighted by Gasteiger charge is -2.06. The molecule has 3 N–H and O–H groups in total. The van der Waals surface area contributed by atoms with Gasteiger partial charge in [0, 0.05) is 43.3 Å². The number of para-hydroxylation sites is 1. The number of aromatic nitrogens is 1. The van der Waals surface area contributed by atoms with Crippen LogP contribution < -0.4 is 5.32 Å². The monoisotopic (exact) mass is 417 g/mol. The maximum absolute atomic E-state index is 11.9. The van der Waals surface area contributed by atoms with E-state index in [9.17, 15) is 14.7 Å². The minimum Gasteiger partial charge on any atom is -0.493 e. The molecule has 0 saturated carbocycles. The summed E-state index contributed by atoms with van der Waals surface area (Å²) in [5, 5.41) is 21.8. The molecule has 1 aliphatic rings. The van der Waals surface area contributed by atoms with E-state index in [0.717, 1.165) is 16.8 Å². The van der Waals surface area contributed by atoms with Gasteiger partial charge in [0.15, 0.2) is 3.95 Å². The number of nitrogens with zero attached hydrogens (tertiary/aromatic N) is 2. The Labute approximate surface area is 170 Å². The van der Waals surface area contributed by atoms with Crippen LogP contribution in [0.5, 0.6) is 5.88 Å². The van der Waals surface area contributed by atoms with E-state index in [1.807, 2.05) is 30.3 Å². The lowest BCUT2D eigenvalue weighted by molar-refractivity contribution is -0.137. The van der Waals surface area contributed by atoms with Crippen LogP contribution in [0.15, 0.2) is 29.3 Å². The van der Waals surface area contributed by atoms with Gasteiger partial charge in [-0.2, -0.15) is 0 Å². The summed E-state index contributed by atoms with van der Waals surface area (Å²) in [6, 6.07) is 7.75. The molecule has 0 bridgehead atoms.